The Bertz CT molecular complexity index is 371. The number of alkyl halides is 1. The van der Waals surface area contributed by atoms with E-state index in [0.29, 0.717) is 4.83 Å². The lowest BCUT2D eigenvalue weighted by atomic mass is 9.86. The van der Waals surface area contributed by atoms with Crippen molar-refractivity contribution < 1.29 is 0 Å². The molecule has 0 amide bonds. The first-order valence-electron chi connectivity index (χ1n) is 5.04. The average Bonchev–Trinajstić information content (AvgIpc) is 2.14. The van der Waals surface area contributed by atoms with Crippen LogP contribution in [0.1, 0.15) is 39.9 Å². The van der Waals surface area contributed by atoms with Crippen LogP contribution in [0.15, 0.2) is 6.07 Å². The van der Waals surface area contributed by atoms with E-state index in [-0.39, 0.29) is 0 Å². The van der Waals surface area contributed by atoms with Crippen molar-refractivity contribution in [3.05, 3.63) is 33.3 Å². The van der Waals surface area contributed by atoms with Crippen molar-refractivity contribution >= 4 is 27.5 Å². The number of rotatable bonds is 0. The molecule has 14 heavy (non-hydrogen) atoms. The highest BCUT2D eigenvalue weighted by molar-refractivity contribution is 9.09. The van der Waals surface area contributed by atoms with Crippen molar-refractivity contribution in [2.75, 3.05) is 0 Å². The molecule has 0 nitrogen and oxygen atoms in total. The number of hydrogen-bond acceptors (Lipinski definition) is 0. The first kappa shape index (κ1) is 10.5. The SMILES string of the molecule is Cc1cc(Cl)c(C)c2c1CCCC2Br. The Morgan fingerprint density at radius 2 is 2.14 bits per heavy atom. The molecule has 1 aliphatic carbocycles. The molecule has 0 fully saturated rings. The van der Waals surface area contributed by atoms with Gasteiger partial charge in [-0.1, -0.05) is 27.5 Å². The van der Waals surface area contributed by atoms with Gasteiger partial charge in [-0.05, 0) is 61.4 Å². The van der Waals surface area contributed by atoms with Gasteiger partial charge in [0.2, 0.25) is 0 Å². The van der Waals surface area contributed by atoms with E-state index in [2.05, 4.69) is 35.8 Å². The summed E-state index contributed by atoms with van der Waals surface area (Å²) in [6.07, 6.45) is 3.72. The van der Waals surface area contributed by atoms with Crippen LogP contribution in [0.25, 0.3) is 0 Å². The van der Waals surface area contributed by atoms with Crippen molar-refractivity contribution in [2.24, 2.45) is 0 Å². The summed E-state index contributed by atoms with van der Waals surface area (Å²) in [6, 6.07) is 2.10. The molecule has 0 saturated heterocycles. The lowest BCUT2D eigenvalue weighted by Crippen LogP contribution is -2.09. The summed E-state index contributed by atoms with van der Waals surface area (Å²) in [6.45, 7) is 4.29. The maximum absolute atomic E-state index is 6.20. The molecule has 1 aliphatic rings. The minimum absolute atomic E-state index is 0.503. The molecule has 1 aromatic rings. The fraction of sp³-hybridized carbons (Fsp3) is 0.500. The smallest absolute Gasteiger partial charge is 0.0441 e. The Morgan fingerprint density at radius 3 is 2.86 bits per heavy atom. The van der Waals surface area contributed by atoms with E-state index >= 15 is 0 Å². The second-order valence-corrected chi connectivity index (χ2v) is 5.56. The molecule has 2 heteroatoms. The summed E-state index contributed by atoms with van der Waals surface area (Å²) in [5.41, 5.74) is 5.56. The van der Waals surface area contributed by atoms with E-state index in [0.717, 1.165) is 5.02 Å². The fourth-order valence-electron chi connectivity index (χ4n) is 2.31. The second-order valence-electron chi connectivity index (χ2n) is 4.05. The average molecular weight is 274 g/mol. The zero-order valence-corrected chi connectivity index (χ0v) is 10.9. The number of hydrogen-bond donors (Lipinski definition) is 0. The van der Waals surface area contributed by atoms with E-state index < -0.39 is 0 Å². The Hall–Kier alpha value is -0.0100. The van der Waals surface area contributed by atoms with Crippen molar-refractivity contribution in [1.82, 2.24) is 0 Å². The molecule has 0 heterocycles. The first-order valence-corrected chi connectivity index (χ1v) is 6.33. The van der Waals surface area contributed by atoms with Crippen molar-refractivity contribution in [3.8, 4) is 0 Å². The molecule has 0 spiro atoms. The molecular weight excluding hydrogens is 259 g/mol. The van der Waals surface area contributed by atoms with Gasteiger partial charge in [-0.25, -0.2) is 0 Å². The monoisotopic (exact) mass is 272 g/mol. The summed E-state index contributed by atoms with van der Waals surface area (Å²) in [4.78, 5) is 0.503. The summed E-state index contributed by atoms with van der Waals surface area (Å²) in [5, 5.41) is 0.910. The molecule has 0 aromatic heterocycles. The third kappa shape index (κ3) is 1.61. The van der Waals surface area contributed by atoms with E-state index in [1.54, 1.807) is 0 Å². The van der Waals surface area contributed by atoms with Gasteiger partial charge in [-0.2, -0.15) is 0 Å². The van der Waals surface area contributed by atoms with Crippen LogP contribution in [-0.2, 0) is 6.42 Å². The van der Waals surface area contributed by atoms with Crippen LogP contribution >= 0.6 is 27.5 Å². The van der Waals surface area contributed by atoms with Crippen LogP contribution in [0.3, 0.4) is 0 Å². The Morgan fingerprint density at radius 1 is 1.43 bits per heavy atom. The normalized spacial score (nSPS) is 20.7. The second kappa shape index (κ2) is 3.86. The Balaban J connectivity index is 2.67. The number of aryl methyl sites for hydroxylation is 1. The molecule has 0 N–H and O–H groups in total. The number of fused-ring (bicyclic) bond motifs is 1. The van der Waals surface area contributed by atoms with Crippen LogP contribution in [-0.4, -0.2) is 0 Å². The van der Waals surface area contributed by atoms with E-state index in [9.17, 15) is 0 Å². The van der Waals surface area contributed by atoms with Gasteiger partial charge in [0.25, 0.3) is 0 Å². The molecule has 76 valence electrons. The maximum Gasteiger partial charge on any atom is 0.0441 e. The summed E-state index contributed by atoms with van der Waals surface area (Å²) >= 11 is 9.94. The van der Waals surface area contributed by atoms with Crippen molar-refractivity contribution in [1.29, 1.82) is 0 Å². The van der Waals surface area contributed by atoms with Crippen LogP contribution in [0.4, 0.5) is 0 Å². The highest BCUT2D eigenvalue weighted by Crippen LogP contribution is 2.41. The van der Waals surface area contributed by atoms with Gasteiger partial charge in [-0.3, -0.25) is 0 Å². The van der Waals surface area contributed by atoms with Gasteiger partial charge >= 0.3 is 0 Å². The number of benzene rings is 1. The van der Waals surface area contributed by atoms with Gasteiger partial charge in [-0.15, -0.1) is 0 Å². The summed E-state index contributed by atoms with van der Waals surface area (Å²) < 4.78 is 0. The Kier molecular flexibility index (Phi) is 2.90. The third-order valence-electron chi connectivity index (χ3n) is 3.10. The van der Waals surface area contributed by atoms with Crippen LogP contribution in [0.2, 0.25) is 5.02 Å². The quantitative estimate of drug-likeness (QED) is 0.600. The molecule has 0 bridgehead atoms. The molecule has 0 aliphatic heterocycles. The maximum atomic E-state index is 6.20. The molecule has 1 aromatic carbocycles. The molecular formula is C12H14BrCl. The van der Waals surface area contributed by atoms with Crippen LogP contribution < -0.4 is 0 Å². The summed E-state index contributed by atoms with van der Waals surface area (Å²) in [7, 11) is 0. The van der Waals surface area contributed by atoms with Crippen LogP contribution in [0.5, 0.6) is 0 Å². The van der Waals surface area contributed by atoms with E-state index in [4.69, 9.17) is 11.6 Å². The standard InChI is InChI=1S/C12H14BrCl/c1-7-6-11(14)8(2)12-9(7)4-3-5-10(12)13/h6,10H,3-5H2,1-2H3. The highest BCUT2D eigenvalue weighted by Gasteiger charge is 2.22. The minimum Gasteiger partial charge on any atom is -0.0840 e. The fourth-order valence-corrected chi connectivity index (χ4v) is 3.52. The van der Waals surface area contributed by atoms with Crippen LogP contribution in [0, 0.1) is 13.8 Å². The Labute approximate surface area is 98.8 Å². The van der Waals surface area contributed by atoms with Crippen molar-refractivity contribution in [2.45, 2.75) is 37.9 Å². The lowest BCUT2D eigenvalue weighted by Gasteiger charge is -2.25. The molecule has 2 rings (SSSR count). The predicted molar refractivity (Wildman–Crippen MR) is 65.5 cm³/mol. The van der Waals surface area contributed by atoms with Gasteiger partial charge in [0.1, 0.15) is 0 Å². The minimum atomic E-state index is 0.503. The van der Waals surface area contributed by atoms with Gasteiger partial charge in [0.05, 0.1) is 0 Å². The zero-order chi connectivity index (χ0) is 10.3. The topological polar surface area (TPSA) is 0 Å². The first-order chi connectivity index (χ1) is 6.61. The largest absolute Gasteiger partial charge is 0.0840 e. The van der Waals surface area contributed by atoms with Gasteiger partial charge in [0.15, 0.2) is 0 Å². The number of halogens is 2. The predicted octanol–water partition coefficient (Wildman–Crippen LogP) is 4.73. The molecule has 1 atom stereocenters. The lowest BCUT2D eigenvalue weighted by molar-refractivity contribution is 0.674. The van der Waals surface area contributed by atoms with E-state index in [1.807, 2.05) is 0 Å². The third-order valence-corrected chi connectivity index (χ3v) is 4.41. The van der Waals surface area contributed by atoms with Gasteiger partial charge in [0, 0.05) is 9.85 Å². The highest BCUT2D eigenvalue weighted by atomic mass is 79.9. The molecule has 0 radical (unpaired) electrons. The van der Waals surface area contributed by atoms with Crippen molar-refractivity contribution in [3.63, 3.8) is 0 Å². The van der Waals surface area contributed by atoms with Gasteiger partial charge < -0.3 is 0 Å². The van der Waals surface area contributed by atoms with E-state index in [1.165, 1.54) is 41.5 Å². The summed E-state index contributed by atoms with van der Waals surface area (Å²) in [5.74, 6) is 0. The zero-order valence-electron chi connectivity index (χ0n) is 8.53. The molecule has 0 saturated carbocycles. The molecule has 1 unspecified atom stereocenters.